The summed E-state index contributed by atoms with van der Waals surface area (Å²) in [6.07, 6.45) is 7.23. The number of aromatic nitrogens is 3. The van der Waals surface area contributed by atoms with Gasteiger partial charge in [0, 0.05) is 18.2 Å². The number of carbonyl (C=O) groups excluding carboxylic acids is 1. The molecule has 2 heterocycles. The summed E-state index contributed by atoms with van der Waals surface area (Å²) in [5, 5.41) is 7.65. The van der Waals surface area contributed by atoms with E-state index in [2.05, 4.69) is 29.2 Å². The van der Waals surface area contributed by atoms with Crippen molar-refractivity contribution >= 4 is 5.91 Å². The fourth-order valence-corrected chi connectivity index (χ4v) is 3.01. The second-order valence-electron chi connectivity index (χ2n) is 6.26. The lowest BCUT2D eigenvalue weighted by atomic mass is 9.92. The standard InChI is InChI=1S/C17H22N4O/c1-12(2)10-17(22)20-14-6-5-7-15-13(14)11-19-21(15)16-8-3-4-9-18-16/h3-4,8-9,11-12,14H,5-7,10H2,1-2H3,(H,20,22). The van der Waals surface area contributed by atoms with Crippen LogP contribution >= 0.6 is 0 Å². The first-order chi connectivity index (χ1) is 10.6. The lowest BCUT2D eigenvalue weighted by molar-refractivity contribution is -0.122. The van der Waals surface area contributed by atoms with Crippen molar-refractivity contribution in [3.63, 3.8) is 0 Å². The molecule has 0 saturated heterocycles. The summed E-state index contributed by atoms with van der Waals surface area (Å²) >= 11 is 0. The van der Waals surface area contributed by atoms with Gasteiger partial charge in [0.15, 0.2) is 5.82 Å². The Bertz CT molecular complexity index is 648. The molecule has 2 aromatic heterocycles. The van der Waals surface area contributed by atoms with Crippen molar-refractivity contribution in [1.29, 1.82) is 0 Å². The molecule has 2 aromatic rings. The van der Waals surface area contributed by atoms with Gasteiger partial charge >= 0.3 is 0 Å². The summed E-state index contributed by atoms with van der Waals surface area (Å²) in [7, 11) is 0. The maximum atomic E-state index is 12.1. The number of amides is 1. The third-order valence-electron chi connectivity index (χ3n) is 3.98. The second kappa shape index (κ2) is 6.30. The van der Waals surface area contributed by atoms with Gasteiger partial charge in [-0.1, -0.05) is 19.9 Å². The monoisotopic (exact) mass is 298 g/mol. The van der Waals surface area contributed by atoms with Crippen LogP contribution in [-0.4, -0.2) is 20.7 Å². The average molecular weight is 298 g/mol. The van der Waals surface area contributed by atoms with E-state index in [-0.39, 0.29) is 11.9 Å². The van der Waals surface area contributed by atoms with Gasteiger partial charge in [-0.2, -0.15) is 5.10 Å². The van der Waals surface area contributed by atoms with Crippen LogP contribution in [0.1, 0.15) is 50.4 Å². The minimum absolute atomic E-state index is 0.0764. The molecule has 0 fully saturated rings. The molecule has 5 nitrogen and oxygen atoms in total. The van der Waals surface area contributed by atoms with Crippen LogP contribution in [0.3, 0.4) is 0 Å². The van der Waals surface area contributed by atoms with E-state index in [0.29, 0.717) is 12.3 Å². The molecule has 0 spiro atoms. The van der Waals surface area contributed by atoms with Crippen LogP contribution in [0, 0.1) is 5.92 Å². The Morgan fingerprint density at radius 2 is 2.32 bits per heavy atom. The Hall–Kier alpha value is -2.17. The highest BCUT2D eigenvalue weighted by atomic mass is 16.1. The molecule has 1 N–H and O–H groups in total. The zero-order valence-corrected chi connectivity index (χ0v) is 13.1. The summed E-state index contributed by atoms with van der Waals surface area (Å²) in [5.41, 5.74) is 2.30. The quantitative estimate of drug-likeness (QED) is 0.944. The highest BCUT2D eigenvalue weighted by molar-refractivity contribution is 5.76. The molecule has 0 aromatic carbocycles. The molecular formula is C17H22N4O. The summed E-state index contributed by atoms with van der Waals surface area (Å²) in [6.45, 7) is 4.12. The number of pyridine rings is 1. The number of nitrogens with zero attached hydrogens (tertiary/aromatic N) is 3. The molecule has 1 atom stereocenters. The topological polar surface area (TPSA) is 59.8 Å². The van der Waals surface area contributed by atoms with Crippen LogP contribution in [0.2, 0.25) is 0 Å². The first-order valence-electron chi connectivity index (χ1n) is 7.92. The van der Waals surface area contributed by atoms with Crippen LogP contribution in [0.15, 0.2) is 30.6 Å². The van der Waals surface area contributed by atoms with Gasteiger partial charge in [-0.15, -0.1) is 0 Å². The molecule has 1 aliphatic rings. The van der Waals surface area contributed by atoms with Crippen molar-refractivity contribution in [1.82, 2.24) is 20.1 Å². The SMILES string of the molecule is CC(C)CC(=O)NC1CCCc2c1cnn2-c1ccccn1. The van der Waals surface area contributed by atoms with E-state index >= 15 is 0 Å². The van der Waals surface area contributed by atoms with Gasteiger partial charge < -0.3 is 5.32 Å². The number of fused-ring (bicyclic) bond motifs is 1. The highest BCUT2D eigenvalue weighted by Gasteiger charge is 2.26. The Labute approximate surface area is 130 Å². The van der Waals surface area contributed by atoms with E-state index < -0.39 is 0 Å². The fourth-order valence-electron chi connectivity index (χ4n) is 3.01. The van der Waals surface area contributed by atoms with E-state index in [1.807, 2.05) is 29.1 Å². The first kappa shape index (κ1) is 14.8. The summed E-state index contributed by atoms with van der Waals surface area (Å²) < 4.78 is 1.90. The van der Waals surface area contributed by atoms with Crippen molar-refractivity contribution < 1.29 is 4.79 Å². The molecule has 0 radical (unpaired) electrons. The van der Waals surface area contributed by atoms with E-state index in [1.54, 1.807) is 6.20 Å². The molecule has 1 amide bonds. The third kappa shape index (κ3) is 3.03. The molecule has 0 saturated carbocycles. The van der Waals surface area contributed by atoms with Crippen molar-refractivity contribution in [2.24, 2.45) is 5.92 Å². The highest BCUT2D eigenvalue weighted by Crippen LogP contribution is 2.30. The first-order valence-corrected chi connectivity index (χ1v) is 7.92. The normalized spacial score (nSPS) is 17.3. The number of rotatable bonds is 4. The van der Waals surface area contributed by atoms with Crippen LogP contribution in [0.5, 0.6) is 0 Å². The maximum Gasteiger partial charge on any atom is 0.220 e. The van der Waals surface area contributed by atoms with Crippen molar-refractivity contribution in [2.75, 3.05) is 0 Å². The summed E-state index contributed by atoms with van der Waals surface area (Å²) in [6, 6.07) is 5.89. The average Bonchev–Trinajstić information content (AvgIpc) is 2.92. The Kier molecular flexibility index (Phi) is 4.22. The van der Waals surface area contributed by atoms with E-state index in [1.165, 1.54) is 5.69 Å². The molecule has 5 heteroatoms. The van der Waals surface area contributed by atoms with Crippen LogP contribution in [0.4, 0.5) is 0 Å². The van der Waals surface area contributed by atoms with Crippen molar-refractivity contribution in [3.05, 3.63) is 41.9 Å². The Morgan fingerprint density at radius 3 is 3.05 bits per heavy atom. The van der Waals surface area contributed by atoms with Gasteiger partial charge in [0.2, 0.25) is 5.91 Å². The van der Waals surface area contributed by atoms with Gasteiger partial charge in [-0.05, 0) is 37.3 Å². The molecule has 3 rings (SSSR count). The van der Waals surface area contributed by atoms with Crippen LogP contribution < -0.4 is 5.32 Å². The Morgan fingerprint density at radius 1 is 1.45 bits per heavy atom. The molecule has 116 valence electrons. The van der Waals surface area contributed by atoms with Crippen molar-refractivity contribution in [3.8, 4) is 5.82 Å². The number of nitrogens with one attached hydrogen (secondary N) is 1. The van der Waals surface area contributed by atoms with Crippen LogP contribution in [0.25, 0.3) is 5.82 Å². The van der Waals surface area contributed by atoms with E-state index in [0.717, 1.165) is 30.6 Å². The van der Waals surface area contributed by atoms with Crippen LogP contribution in [-0.2, 0) is 11.2 Å². The molecule has 0 bridgehead atoms. The zero-order valence-electron chi connectivity index (χ0n) is 13.1. The van der Waals surface area contributed by atoms with Gasteiger partial charge in [0.25, 0.3) is 0 Å². The second-order valence-corrected chi connectivity index (χ2v) is 6.26. The third-order valence-corrected chi connectivity index (χ3v) is 3.98. The molecule has 0 aliphatic heterocycles. The molecule has 1 aliphatic carbocycles. The molecule has 1 unspecified atom stereocenters. The Balaban J connectivity index is 1.83. The maximum absolute atomic E-state index is 12.1. The van der Waals surface area contributed by atoms with Gasteiger partial charge in [-0.3, -0.25) is 4.79 Å². The number of carbonyl (C=O) groups is 1. The summed E-state index contributed by atoms with van der Waals surface area (Å²) in [4.78, 5) is 16.4. The van der Waals surface area contributed by atoms with E-state index in [9.17, 15) is 4.79 Å². The fraction of sp³-hybridized carbons (Fsp3) is 0.471. The largest absolute Gasteiger partial charge is 0.349 e. The summed E-state index contributed by atoms with van der Waals surface area (Å²) in [5.74, 6) is 1.33. The van der Waals surface area contributed by atoms with Gasteiger partial charge in [-0.25, -0.2) is 9.67 Å². The minimum atomic E-state index is 0.0764. The van der Waals surface area contributed by atoms with Gasteiger partial charge in [0.1, 0.15) is 0 Å². The predicted octanol–water partition coefficient (Wildman–Crippen LogP) is 2.81. The number of hydrogen-bond acceptors (Lipinski definition) is 3. The molecular weight excluding hydrogens is 276 g/mol. The number of hydrogen-bond donors (Lipinski definition) is 1. The minimum Gasteiger partial charge on any atom is -0.349 e. The zero-order chi connectivity index (χ0) is 15.5. The predicted molar refractivity (Wildman–Crippen MR) is 84.6 cm³/mol. The lowest BCUT2D eigenvalue weighted by Crippen LogP contribution is -2.31. The van der Waals surface area contributed by atoms with E-state index in [4.69, 9.17) is 0 Å². The molecule has 22 heavy (non-hydrogen) atoms. The van der Waals surface area contributed by atoms with Gasteiger partial charge in [0.05, 0.1) is 17.9 Å². The smallest absolute Gasteiger partial charge is 0.220 e. The van der Waals surface area contributed by atoms with Crippen molar-refractivity contribution in [2.45, 2.75) is 45.6 Å². The lowest BCUT2D eigenvalue weighted by Gasteiger charge is -2.24.